The highest BCUT2D eigenvalue weighted by Crippen LogP contribution is 2.26. The minimum Gasteiger partial charge on any atom is -0.493 e. The molecule has 2 aliphatic heterocycles. The van der Waals surface area contributed by atoms with Crippen LogP contribution in [-0.2, 0) is 11.2 Å². The molecule has 9 heteroatoms. The zero-order chi connectivity index (χ0) is 23.0. The van der Waals surface area contributed by atoms with E-state index in [-0.39, 0.29) is 30.0 Å². The van der Waals surface area contributed by atoms with Crippen LogP contribution in [0.3, 0.4) is 0 Å². The quantitative estimate of drug-likeness (QED) is 0.680. The lowest BCUT2D eigenvalue weighted by Crippen LogP contribution is -2.36. The molecule has 0 spiro atoms. The van der Waals surface area contributed by atoms with E-state index in [2.05, 4.69) is 15.6 Å². The Morgan fingerprint density at radius 1 is 0.939 bits per heavy atom. The van der Waals surface area contributed by atoms with Gasteiger partial charge in [-0.2, -0.15) is 0 Å². The fraction of sp³-hybridized carbons (Fsp3) is 0.417. The highest BCUT2D eigenvalue weighted by Gasteiger charge is 2.20. The molecule has 2 aliphatic rings. The Balaban J connectivity index is 1.45. The number of carbonyl (C=O) groups is 3. The normalized spacial score (nSPS) is 17.6. The molecule has 0 saturated carbocycles. The lowest BCUT2D eigenvalue weighted by atomic mass is 10.1. The van der Waals surface area contributed by atoms with Crippen LogP contribution in [0.4, 0.5) is 0 Å². The average Bonchev–Trinajstić information content (AvgIpc) is 3.30. The van der Waals surface area contributed by atoms with Crippen LogP contribution in [0.1, 0.15) is 45.7 Å². The van der Waals surface area contributed by atoms with Gasteiger partial charge in [0, 0.05) is 44.2 Å². The van der Waals surface area contributed by atoms with Gasteiger partial charge in [-0.3, -0.25) is 14.4 Å². The van der Waals surface area contributed by atoms with Gasteiger partial charge >= 0.3 is 0 Å². The largest absolute Gasteiger partial charge is 0.493 e. The summed E-state index contributed by atoms with van der Waals surface area (Å²) in [5.74, 6) is 0.679. The van der Waals surface area contributed by atoms with E-state index in [0.29, 0.717) is 63.4 Å². The summed E-state index contributed by atoms with van der Waals surface area (Å²) < 4.78 is 11.2. The molecule has 0 radical (unpaired) electrons. The second kappa shape index (κ2) is 10.8. The van der Waals surface area contributed by atoms with Crippen molar-refractivity contribution in [2.75, 3.05) is 39.4 Å². The number of hydrogen-bond acceptors (Lipinski definition) is 6. The van der Waals surface area contributed by atoms with E-state index in [0.717, 1.165) is 17.7 Å². The maximum absolute atomic E-state index is 13.2. The molecule has 0 saturated heterocycles. The molecule has 2 N–H and O–H groups in total. The van der Waals surface area contributed by atoms with Crippen molar-refractivity contribution >= 4 is 17.7 Å². The number of pyridine rings is 1. The van der Waals surface area contributed by atoms with Gasteiger partial charge in [0.15, 0.2) is 11.4 Å². The van der Waals surface area contributed by atoms with Crippen molar-refractivity contribution in [1.29, 1.82) is 0 Å². The number of carbonyl (C=O) groups excluding carboxylic acids is 3. The third kappa shape index (κ3) is 5.79. The Morgan fingerprint density at radius 2 is 1.79 bits per heavy atom. The molecule has 4 rings (SSSR count). The Bertz CT molecular complexity index is 1030. The van der Waals surface area contributed by atoms with E-state index in [1.54, 1.807) is 23.1 Å². The van der Waals surface area contributed by atoms with Gasteiger partial charge in [0.05, 0.1) is 13.2 Å². The SMILES string of the molecule is O=C1CCCN(C(=O)c2ccc3c(c2)CCO3)CCCNC(=O)c2ncccc2OCCN1. The van der Waals surface area contributed by atoms with Crippen molar-refractivity contribution in [1.82, 2.24) is 20.5 Å². The predicted octanol–water partition coefficient (Wildman–Crippen LogP) is 1.57. The summed E-state index contributed by atoms with van der Waals surface area (Å²) in [6.45, 7) is 2.47. The van der Waals surface area contributed by atoms with Crippen LogP contribution in [0.2, 0.25) is 0 Å². The van der Waals surface area contributed by atoms with E-state index in [1.807, 2.05) is 12.1 Å². The first-order valence-electron chi connectivity index (χ1n) is 11.3. The van der Waals surface area contributed by atoms with E-state index < -0.39 is 0 Å². The van der Waals surface area contributed by atoms with Crippen molar-refractivity contribution in [2.45, 2.75) is 25.7 Å². The summed E-state index contributed by atoms with van der Waals surface area (Å²) in [6, 6.07) is 8.88. The molecule has 0 atom stereocenters. The van der Waals surface area contributed by atoms with Crippen LogP contribution in [0.5, 0.6) is 11.5 Å². The van der Waals surface area contributed by atoms with Crippen LogP contribution in [0.15, 0.2) is 36.5 Å². The molecule has 33 heavy (non-hydrogen) atoms. The lowest BCUT2D eigenvalue weighted by molar-refractivity contribution is -0.121. The molecule has 0 aliphatic carbocycles. The summed E-state index contributed by atoms with van der Waals surface area (Å²) >= 11 is 0. The van der Waals surface area contributed by atoms with Crippen LogP contribution >= 0.6 is 0 Å². The van der Waals surface area contributed by atoms with Crippen molar-refractivity contribution in [2.24, 2.45) is 0 Å². The number of nitrogens with zero attached hydrogens (tertiary/aromatic N) is 2. The number of fused-ring (bicyclic) bond motifs is 2. The van der Waals surface area contributed by atoms with Gasteiger partial charge in [0.2, 0.25) is 5.91 Å². The zero-order valence-corrected chi connectivity index (χ0v) is 18.5. The average molecular weight is 453 g/mol. The number of benzene rings is 1. The number of hydrogen-bond donors (Lipinski definition) is 2. The standard InChI is InChI=1S/C24H28N4O5/c29-21-5-2-12-28(24(31)18-6-7-19-17(16-18)8-14-32-19)13-3-10-27-23(30)22-20(4-1-9-26-22)33-15-11-25-21/h1,4,6-7,9,16H,2-3,5,8,10-15H2,(H,25,29)(H,27,30). The molecule has 3 heterocycles. The molecule has 1 aromatic heterocycles. The van der Waals surface area contributed by atoms with Gasteiger partial charge in [-0.25, -0.2) is 4.98 Å². The first-order chi connectivity index (χ1) is 16.1. The molecule has 9 nitrogen and oxygen atoms in total. The van der Waals surface area contributed by atoms with E-state index in [4.69, 9.17) is 9.47 Å². The van der Waals surface area contributed by atoms with E-state index >= 15 is 0 Å². The van der Waals surface area contributed by atoms with E-state index in [1.165, 1.54) is 6.20 Å². The van der Waals surface area contributed by atoms with Crippen molar-refractivity contribution in [3.05, 3.63) is 53.3 Å². The highest BCUT2D eigenvalue weighted by molar-refractivity contribution is 5.95. The van der Waals surface area contributed by atoms with Gasteiger partial charge in [0.25, 0.3) is 11.8 Å². The third-order valence-electron chi connectivity index (χ3n) is 5.61. The maximum Gasteiger partial charge on any atom is 0.273 e. The third-order valence-corrected chi connectivity index (χ3v) is 5.61. The summed E-state index contributed by atoms with van der Waals surface area (Å²) in [5, 5.41) is 5.66. The molecule has 3 amide bonds. The van der Waals surface area contributed by atoms with Crippen LogP contribution in [0.25, 0.3) is 0 Å². The van der Waals surface area contributed by atoms with Gasteiger partial charge in [-0.1, -0.05) is 0 Å². The Kier molecular flexibility index (Phi) is 7.39. The molecule has 0 bridgehead atoms. The molecule has 2 aromatic rings. The van der Waals surface area contributed by atoms with Gasteiger partial charge in [-0.15, -0.1) is 0 Å². The zero-order valence-electron chi connectivity index (χ0n) is 18.5. The summed E-state index contributed by atoms with van der Waals surface area (Å²) in [7, 11) is 0. The second-order valence-corrected chi connectivity index (χ2v) is 7.97. The first kappa shape index (κ1) is 22.6. The van der Waals surface area contributed by atoms with Crippen LogP contribution < -0.4 is 20.1 Å². The predicted molar refractivity (Wildman–Crippen MR) is 120 cm³/mol. The Labute approximate surface area is 192 Å². The van der Waals surface area contributed by atoms with Gasteiger partial charge in [-0.05, 0) is 48.7 Å². The summed E-state index contributed by atoms with van der Waals surface area (Å²) in [6.07, 6.45) is 3.76. The fourth-order valence-electron chi connectivity index (χ4n) is 3.92. The highest BCUT2D eigenvalue weighted by atomic mass is 16.5. The van der Waals surface area contributed by atoms with Crippen LogP contribution in [0, 0.1) is 0 Å². The molecular weight excluding hydrogens is 424 g/mol. The number of ether oxygens (including phenoxy) is 2. The molecule has 0 unspecified atom stereocenters. The second-order valence-electron chi connectivity index (χ2n) is 7.97. The van der Waals surface area contributed by atoms with E-state index in [9.17, 15) is 14.4 Å². The number of rotatable bonds is 1. The maximum atomic E-state index is 13.2. The van der Waals surface area contributed by atoms with Crippen molar-refractivity contribution < 1.29 is 23.9 Å². The molecule has 1 aromatic carbocycles. The lowest BCUT2D eigenvalue weighted by Gasteiger charge is -2.23. The smallest absolute Gasteiger partial charge is 0.273 e. The monoisotopic (exact) mass is 452 g/mol. The molecular formula is C24H28N4O5. The Morgan fingerprint density at radius 3 is 2.70 bits per heavy atom. The van der Waals surface area contributed by atoms with Gasteiger partial charge < -0.3 is 25.0 Å². The fourth-order valence-corrected chi connectivity index (χ4v) is 3.92. The number of amides is 3. The van der Waals surface area contributed by atoms with Crippen molar-refractivity contribution in [3.8, 4) is 11.5 Å². The Hall–Kier alpha value is -3.62. The molecule has 0 fully saturated rings. The summed E-state index contributed by atoms with van der Waals surface area (Å²) in [4.78, 5) is 43.9. The first-order valence-corrected chi connectivity index (χ1v) is 11.3. The number of nitrogens with one attached hydrogen (secondary N) is 2. The number of aromatic nitrogens is 1. The van der Waals surface area contributed by atoms with Gasteiger partial charge in [0.1, 0.15) is 12.4 Å². The minimum atomic E-state index is -0.335. The summed E-state index contributed by atoms with van der Waals surface area (Å²) in [5.41, 5.74) is 1.84. The topological polar surface area (TPSA) is 110 Å². The molecule has 174 valence electrons. The minimum absolute atomic E-state index is 0.0852. The van der Waals surface area contributed by atoms with Crippen molar-refractivity contribution in [3.63, 3.8) is 0 Å². The van der Waals surface area contributed by atoms with Crippen LogP contribution in [-0.4, -0.2) is 67.0 Å².